The van der Waals surface area contributed by atoms with Crippen molar-refractivity contribution >= 4 is 28.6 Å². The van der Waals surface area contributed by atoms with E-state index >= 15 is 0 Å². The topological polar surface area (TPSA) is 152 Å². The lowest BCUT2D eigenvalue weighted by atomic mass is 9.81. The number of hydrogen-bond acceptors (Lipinski definition) is 8. The number of nitrogens with zero attached hydrogens (tertiary/aromatic N) is 2. The number of ether oxygens (including phenoxy) is 2. The zero-order chi connectivity index (χ0) is 36.6. The lowest BCUT2D eigenvalue weighted by Crippen LogP contribution is -2.52. The summed E-state index contributed by atoms with van der Waals surface area (Å²) >= 11 is 0. The average Bonchev–Trinajstić information content (AvgIpc) is 3.85. The Labute approximate surface area is 289 Å². The number of alkyl halides is 3. The Morgan fingerprint density at radius 2 is 1.76 bits per heavy atom. The van der Waals surface area contributed by atoms with E-state index in [0.29, 0.717) is 23.1 Å². The Balaban J connectivity index is 1.35. The minimum atomic E-state index is -5.38. The molecule has 2 aromatic carbocycles. The zero-order valence-corrected chi connectivity index (χ0v) is 27.7. The molecular formula is C36H35F4N5O6. The predicted molar refractivity (Wildman–Crippen MR) is 176 cm³/mol. The molecule has 2 aromatic heterocycles. The van der Waals surface area contributed by atoms with Crippen LogP contribution in [0.3, 0.4) is 0 Å². The van der Waals surface area contributed by atoms with Crippen LogP contribution >= 0.6 is 0 Å². The Morgan fingerprint density at radius 1 is 1.04 bits per heavy atom. The van der Waals surface area contributed by atoms with Crippen LogP contribution in [0.5, 0.6) is 11.5 Å². The number of amides is 3. The second kappa shape index (κ2) is 13.8. The molecular weight excluding hydrogens is 674 g/mol. The summed E-state index contributed by atoms with van der Waals surface area (Å²) in [5, 5.41) is 19.6. The lowest BCUT2D eigenvalue weighted by molar-refractivity contribution is -0.265. The van der Waals surface area contributed by atoms with Crippen molar-refractivity contribution in [1.82, 2.24) is 25.9 Å². The SMILES string of the molecule is CC(=O)NCCCNC(=O)[C@@]1(C)COc2c1cc(C(O)(CNC(=O)c1cc(OC3CC3)c3ncccc3c1)C(F)(F)F)nc2-c1ccc(F)cc1. The minimum absolute atomic E-state index is 0.00378. The first-order valence-corrected chi connectivity index (χ1v) is 16.3. The van der Waals surface area contributed by atoms with Gasteiger partial charge < -0.3 is 30.5 Å². The van der Waals surface area contributed by atoms with Gasteiger partial charge >= 0.3 is 6.18 Å². The van der Waals surface area contributed by atoms with E-state index in [1.165, 1.54) is 38.1 Å². The van der Waals surface area contributed by atoms with E-state index in [9.17, 15) is 37.1 Å². The maximum Gasteiger partial charge on any atom is 0.424 e. The van der Waals surface area contributed by atoms with Crippen LogP contribution in [-0.4, -0.2) is 71.3 Å². The Morgan fingerprint density at radius 3 is 2.45 bits per heavy atom. The number of aromatic nitrogens is 2. The lowest BCUT2D eigenvalue weighted by Gasteiger charge is -2.31. The Hall–Kier alpha value is -5.31. The Kier molecular flexibility index (Phi) is 9.59. The smallest absolute Gasteiger partial charge is 0.424 e. The number of benzene rings is 2. The van der Waals surface area contributed by atoms with Gasteiger partial charge in [-0.1, -0.05) is 6.07 Å². The van der Waals surface area contributed by atoms with Crippen molar-refractivity contribution in [2.24, 2.45) is 0 Å². The number of carbonyl (C=O) groups excluding carboxylic acids is 3. The third-order valence-electron chi connectivity index (χ3n) is 8.85. The van der Waals surface area contributed by atoms with Gasteiger partial charge in [-0.25, -0.2) is 9.37 Å². The number of hydrogen-bond donors (Lipinski definition) is 4. The van der Waals surface area contributed by atoms with Gasteiger partial charge in [0.15, 0.2) is 0 Å². The molecule has 2 aliphatic rings. The van der Waals surface area contributed by atoms with Crippen molar-refractivity contribution in [1.29, 1.82) is 0 Å². The van der Waals surface area contributed by atoms with Crippen molar-refractivity contribution in [2.75, 3.05) is 26.2 Å². The van der Waals surface area contributed by atoms with Crippen molar-refractivity contribution in [3.05, 3.63) is 83.4 Å². The minimum Gasteiger partial charge on any atom is -0.489 e. The summed E-state index contributed by atoms with van der Waals surface area (Å²) in [4.78, 5) is 46.6. The van der Waals surface area contributed by atoms with E-state index in [1.807, 2.05) is 0 Å². The molecule has 15 heteroatoms. The number of halogens is 4. The second-order valence-corrected chi connectivity index (χ2v) is 12.9. The van der Waals surface area contributed by atoms with Crippen LogP contribution in [0, 0.1) is 5.82 Å². The van der Waals surface area contributed by atoms with E-state index in [-0.39, 0.29) is 59.8 Å². The largest absolute Gasteiger partial charge is 0.489 e. The van der Waals surface area contributed by atoms with Crippen molar-refractivity contribution in [3.63, 3.8) is 0 Å². The van der Waals surface area contributed by atoms with Crippen LogP contribution in [-0.2, 0) is 20.6 Å². The summed E-state index contributed by atoms with van der Waals surface area (Å²) in [6.07, 6.45) is -1.85. The fourth-order valence-electron chi connectivity index (χ4n) is 5.73. The molecule has 6 rings (SSSR count). The van der Waals surface area contributed by atoms with Gasteiger partial charge in [-0.2, -0.15) is 13.2 Å². The molecule has 1 fully saturated rings. The van der Waals surface area contributed by atoms with Crippen molar-refractivity contribution < 1.29 is 46.5 Å². The first kappa shape index (κ1) is 35.5. The molecule has 4 aromatic rings. The van der Waals surface area contributed by atoms with Gasteiger partial charge in [0.1, 0.15) is 40.5 Å². The zero-order valence-electron chi connectivity index (χ0n) is 27.7. The highest BCUT2D eigenvalue weighted by Gasteiger charge is 2.58. The fraction of sp³-hybridized carbons (Fsp3) is 0.361. The highest BCUT2D eigenvalue weighted by atomic mass is 19.4. The van der Waals surface area contributed by atoms with Crippen LogP contribution in [0.1, 0.15) is 54.7 Å². The normalized spacial score (nSPS) is 17.9. The number of aliphatic hydroxyl groups is 1. The third-order valence-corrected chi connectivity index (χ3v) is 8.85. The molecule has 0 saturated heterocycles. The van der Waals surface area contributed by atoms with Crippen LogP contribution in [0.25, 0.3) is 22.2 Å². The molecule has 3 amide bonds. The molecule has 0 spiro atoms. The molecule has 11 nitrogen and oxygen atoms in total. The summed E-state index contributed by atoms with van der Waals surface area (Å²) in [6.45, 7) is 1.64. The Bertz CT molecular complexity index is 1990. The third kappa shape index (κ3) is 7.29. The highest BCUT2D eigenvalue weighted by molar-refractivity contribution is 6.00. The van der Waals surface area contributed by atoms with E-state index in [4.69, 9.17) is 9.47 Å². The summed E-state index contributed by atoms with van der Waals surface area (Å²) in [7, 11) is 0. The fourth-order valence-corrected chi connectivity index (χ4v) is 5.73. The van der Waals surface area contributed by atoms with Crippen LogP contribution in [0.4, 0.5) is 17.6 Å². The summed E-state index contributed by atoms with van der Waals surface area (Å²) in [5.41, 5.74) is -5.72. The van der Waals surface area contributed by atoms with Crippen molar-refractivity contribution in [2.45, 2.75) is 56.4 Å². The number of nitrogens with one attached hydrogen (secondary N) is 3. The average molecular weight is 710 g/mol. The molecule has 3 heterocycles. The van der Waals surface area contributed by atoms with Gasteiger partial charge in [0.05, 0.1) is 18.3 Å². The molecule has 0 bridgehead atoms. The molecule has 1 unspecified atom stereocenters. The number of carbonyl (C=O) groups is 3. The molecule has 51 heavy (non-hydrogen) atoms. The first-order chi connectivity index (χ1) is 24.2. The molecule has 1 saturated carbocycles. The van der Waals surface area contributed by atoms with Crippen molar-refractivity contribution in [3.8, 4) is 22.8 Å². The molecule has 2 atom stereocenters. The monoisotopic (exact) mass is 709 g/mol. The number of rotatable bonds is 12. The van der Waals surface area contributed by atoms with Crippen LogP contribution in [0.2, 0.25) is 0 Å². The van der Waals surface area contributed by atoms with Gasteiger partial charge in [0.25, 0.3) is 5.91 Å². The highest BCUT2D eigenvalue weighted by Crippen LogP contribution is 2.48. The van der Waals surface area contributed by atoms with Gasteiger partial charge in [0.2, 0.25) is 17.4 Å². The predicted octanol–water partition coefficient (Wildman–Crippen LogP) is 4.45. The molecule has 1 aliphatic carbocycles. The van der Waals surface area contributed by atoms with E-state index < -0.39 is 47.1 Å². The molecule has 0 radical (unpaired) electrons. The molecule has 4 N–H and O–H groups in total. The van der Waals surface area contributed by atoms with Gasteiger partial charge in [-0.15, -0.1) is 0 Å². The maximum atomic E-state index is 15.0. The molecule has 268 valence electrons. The van der Waals surface area contributed by atoms with Gasteiger partial charge in [-0.05, 0) is 74.7 Å². The summed E-state index contributed by atoms with van der Waals surface area (Å²) in [6, 6.07) is 11.9. The maximum absolute atomic E-state index is 15.0. The summed E-state index contributed by atoms with van der Waals surface area (Å²) < 4.78 is 70.6. The van der Waals surface area contributed by atoms with Crippen LogP contribution < -0.4 is 25.4 Å². The van der Waals surface area contributed by atoms with Gasteiger partial charge in [-0.3, -0.25) is 19.4 Å². The standard InChI is InChI=1S/C36H35F4N5O6/c1-20(46)41-13-4-14-43-33(48)34(2)19-50-31-26(34)17-28(45-30(31)21-6-8-24(37)9-7-21)35(49,36(38,39)40)18-44-32(47)23-15-22-5-3-12-42-29(22)27(16-23)51-25-10-11-25/h3,5-9,12,15-17,25,49H,4,10-11,13-14,18-19H2,1-2H3,(H,41,46)(H,43,48)(H,44,47)/t34-,35?/m0/s1. The summed E-state index contributed by atoms with van der Waals surface area (Å²) in [5.74, 6) is -2.05. The number of fused-ring (bicyclic) bond motifs is 2. The van der Waals surface area contributed by atoms with Gasteiger partial charge in [0, 0.05) is 48.3 Å². The van der Waals surface area contributed by atoms with E-state index in [1.54, 1.807) is 18.3 Å². The first-order valence-electron chi connectivity index (χ1n) is 16.3. The quantitative estimate of drug-likeness (QED) is 0.125. The van der Waals surface area contributed by atoms with Crippen LogP contribution in [0.15, 0.2) is 60.8 Å². The molecule has 1 aliphatic heterocycles. The van der Waals surface area contributed by atoms with E-state index in [2.05, 4.69) is 25.9 Å². The number of pyridine rings is 2. The second-order valence-electron chi connectivity index (χ2n) is 12.9. The van der Waals surface area contributed by atoms with E-state index in [0.717, 1.165) is 31.0 Å².